The molecule has 0 aliphatic rings. The fourth-order valence-corrected chi connectivity index (χ4v) is 2.45. The molecule has 2 N–H and O–H groups in total. The molecule has 0 radical (unpaired) electrons. The van der Waals surface area contributed by atoms with Crippen molar-refractivity contribution in [3.05, 3.63) is 36.7 Å². The number of nitrogens with zero attached hydrogens (tertiary/aromatic N) is 4. The van der Waals surface area contributed by atoms with E-state index in [0.717, 1.165) is 15.4 Å². The molecule has 96 valence electrons. The summed E-state index contributed by atoms with van der Waals surface area (Å²) in [5.41, 5.74) is 2.11. The van der Waals surface area contributed by atoms with Crippen LogP contribution in [-0.4, -0.2) is 30.0 Å². The lowest BCUT2D eigenvalue weighted by molar-refractivity contribution is 0.194. The maximum absolute atomic E-state index is 9.41. The highest BCUT2D eigenvalue weighted by Crippen LogP contribution is 2.29. The minimum atomic E-state index is -0.558. The largest absolute Gasteiger partial charge is 0.387 e. The van der Waals surface area contributed by atoms with Gasteiger partial charge >= 0.3 is 0 Å². The van der Waals surface area contributed by atoms with E-state index in [1.165, 1.54) is 18.1 Å². The van der Waals surface area contributed by atoms with Gasteiger partial charge in [0.05, 0.1) is 18.1 Å². The number of hydrogen-bond acceptors (Lipinski definition) is 6. The van der Waals surface area contributed by atoms with Crippen molar-refractivity contribution >= 4 is 22.9 Å². The van der Waals surface area contributed by atoms with E-state index in [0.29, 0.717) is 11.3 Å². The fourth-order valence-electron chi connectivity index (χ4n) is 1.63. The molecule has 7 heteroatoms. The molecule has 0 aliphatic heterocycles. The Morgan fingerprint density at radius 1 is 1.21 bits per heavy atom. The summed E-state index contributed by atoms with van der Waals surface area (Å²) in [6.45, 7) is 1.69. The molecule has 1 atom stereocenters. The van der Waals surface area contributed by atoms with Gasteiger partial charge in [-0.2, -0.15) is 0 Å². The zero-order valence-corrected chi connectivity index (χ0v) is 10.9. The molecule has 3 heterocycles. The van der Waals surface area contributed by atoms with Gasteiger partial charge in [0, 0.05) is 11.1 Å². The van der Waals surface area contributed by atoms with Crippen molar-refractivity contribution < 1.29 is 5.11 Å². The van der Waals surface area contributed by atoms with E-state index in [1.54, 1.807) is 25.5 Å². The molecule has 19 heavy (non-hydrogen) atoms. The number of fused-ring (bicyclic) bond motifs is 1. The van der Waals surface area contributed by atoms with E-state index < -0.39 is 6.10 Å². The maximum atomic E-state index is 9.41. The Bertz CT molecular complexity index is 695. The number of imidazole rings is 1. The van der Waals surface area contributed by atoms with Crippen LogP contribution in [0.2, 0.25) is 0 Å². The lowest BCUT2D eigenvalue weighted by atomic mass is 10.2. The summed E-state index contributed by atoms with van der Waals surface area (Å²) in [7, 11) is 0. The Kier molecular flexibility index (Phi) is 3.14. The van der Waals surface area contributed by atoms with Gasteiger partial charge in [-0.3, -0.25) is 4.98 Å². The van der Waals surface area contributed by atoms with E-state index in [2.05, 4.69) is 24.9 Å². The number of aromatic nitrogens is 5. The lowest BCUT2D eigenvalue weighted by Gasteiger charge is -2.05. The normalized spacial score (nSPS) is 12.7. The van der Waals surface area contributed by atoms with Crippen molar-refractivity contribution in [2.45, 2.75) is 22.9 Å². The molecule has 0 aliphatic carbocycles. The molecular weight excluding hydrogens is 262 g/mol. The van der Waals surface area contributed by atoms with Crippen molar-refractivity contribution in [2.24, 2.45) is 0 Å². The van der Waals surface area contributed by atoms with Gasteiger partial charge in [0.25, 0.3) is 0 Å². The fraction of sp³-hybridized carbons (Fsp3) is 0.167. The third-order valence-corrected chi connectivity index (χ3v) is 3.57. The summed E-state index contributed by atoms with van der Waals surface area (Å²) < 4.78 is 0. The Hall–Kier alpha value is -1.99. The number of aliphatic hydroxyl groups is 1. The zero-order chi connectivity index (χ0) is 13.2. The van der Waals surface area contributed by atoms with Crippen LogP contribution < -0.4 is 0 Å². The summed E-state index contributed by atoms with van der Waals surface area (Å²) in [5.74, 6) is 0. The number of pyridine rings is 1. The van der Waals surface area contributed by atoms with E-state index in [-0.39, 0.29) is 0 Å². The summed E-state index contributed by atoms with van der Waals surface area (Å²) in [4.78, 5) is 20.6. The van der Waals surface area contributed by atoms with E-state index >= 15 is 0 Å². The minimum Gasteiger partial charge on any atom is -0.387 e. The first-order valence-corrected chi connectivity index (χ1v) is 6.51. The van der Waals surface area contributed by atoms with Gasteiger partial charge < -0.3 is 10.1 Å². The van der Waals surface area contributed by atoms with Crippen LogP contribution in [0.25, 0.3) is 11.2 Å². The second kappa shape index (κ2) is 4.94. The molecule has 0 saturated carbocycles. The lowest BCUT2D eigenvalue weighted by Crippen LogP contribution is -1.94. The Morgan fingerprint density at radius 2 is 2.11 bits per heavy atom. The third kappa shape index (κ3) is 2.42. The predicted octanol–water partition coefficient (Wildman–Crippen LogP) is 1.95. The number of aromatic amines is 1. The molecule has 0 spiro atoms. The van der Waals surface area contributed by atoms with Gasteiger partial charge in [-0.15, -0.1) is 0 Å². The number of nitrogens with one attached hydrogen (secondary N) is 1. The van der Waals surface area contributed by atoms with Crippen LogP contribution in [0, 0.1) is 0 Å². The highest BCUT2D eigenvalue weighted by atomic mass is 32.2. The van der Waals surface area contributed by atoms with Crippen molar-refractivity contribution in [1.29, 1.82) is 0 Å². The van der Waals surface area contributed by atoms with Crippen molar-refractivity contribution in [1.82, 2.24) is 24.9 Å². The van der Waals surface area contributed by atoms with Crippen molar-refractivity contribution in [2.75, 3.05) is 0 Å². The van der Waals surface area contributed by atoms with E-state index in [1.807, 2.05) is 6.07 Å². The minimum absolute atomic E-state index is 0.558. The summed E-state index contributed by atoms with van der Waals surface area (Å²) in [5, 5.41) is 10.2. The van der Waals surface area contributed by atoms with E-state index in [9.17, 15) is 5.11 Å². The third-order valence-electron chi connectivity index (χ3n) is 2.59. The average molecular weight is 273 g/mol. The SMILES string of the molecule is CC(O)c1ccc(Sc2ncnc3nc[nH]c23)cn1. The molecule has 3 aromatic rings. The van der Waals surface area contributed by atoms with Gasteiger partial charge in [0.1, 0.15) is 16.9 Å². The molecule has 3 rings (SSSR count). The molecule has 0 saturated heterocycles. The molecule has 6 nitrogen and oxygen atoms in total. The second-order valence-corrected chi connectivity index (χ2v) is 5.04. The van der Waals surface area contributed by atoms with Gasteiger partial charge in [0.15, 0.2) is 5.65 Å². The van der Waals surface area contributed by atoms with Crippen LogP contribution in [0.3, 0.4) is 0 Å². The number of rotatable bonds is 3. The second-order valence-electron chi connectivity index (χ2n) is 3.98. The van der Waals surface area contributed by atoms with Gasteiger partial charge in [-0.1, -0.05) is 11.8 Å². The molecule has 1 unspecified atom stereocenters. The zero-order valence-electron chi connectivity index (χ0n) is 10.1. The maximum Gasteiger partial charge on any atom is 0.181 e. The van der Waals surface area contributed by atoms with Gasteiger partial charge in [0.2, 0.25) is 0 Å². The van der Waals surface area contributed by atoms with Crippen LogP contribution in [0.1, 0.15) is 18.7 Å². The first-order valence-electron chi connectivity index (χ1n) is 5.70. The molecule has 0 bridgehead atoms. The highest BCUT2D eigenvalue weighted by Gasteiger charge is 2.08. The molecule has 3 aromatic heterocycles. The number of H-pyrrole nitrogens is 1. The Morgan fingerprint density at radius 3 is 2.84 bits per heavy atom. The van der Waals surface area contributed by atoms with Crippen LogP contribution in [-0.2, 0) is 0 Å². The number of hydrogen-bond donors (Lipinski definition) is 2. The smallest absolute Gasteiger partial charge is 0.181 e. The summed E-state index contributed by atoms with van der Waals surface area (Å²) >= 11 is 1.48. The highest BCUT2D eigenvalue weighted by molar-refractivity contribution is 7.99. The van der Waals surface area contributed by atoms with Crippen molar-refractivity contribution in [3.8, 4) is 0 Å². The Labute approximate surface area is 113 Å². The molecule has 0 aromatic carbocycles. The first kappa shape index (κ1) is 12.1. The summed E-state index contributed by atoms with van der Waals surface area (Å²) in [6, 6.07) is 3.71. The average Bonchev–Trinajstić information content (AvgIpc) is 2.89. The van der Waals surface area contributed by atoms with Gasteiger partial charge in [-0.25, -0.2) is 15.0 Å². The standard InChI is InChI=1S/C12H11N5OS/c1-7(18)9-3-2-8(4-13-9)19-12-10-11(15-5-14-10)16-6-17-12/h2-7,18H,1H3,(H,14,15,16,17). The number of aliphatic hydroxyl groups excluding tert-OH is 1. The predicted molar refractivity (Wildman–Crippen MR) is 70.7 cm³/mol. The van der Waals surface area contributed by atoms with Crippen LogP contribution in [0.4, 0.5) is 0 Å². The van der Waals surface area contributed by atoms with Crippen LogP contribution in [0.5, 0.6) is 0 Å². The van der Waals surface area contributed by atoms with E-state index in [4.69, 9.17) is 0 Å². The quantitative estimate of drug-likeness (QED) is 0.709. The Balaban J connectivity index is 1.90. The van der Waals surface area contributed by atoms with Gasteiger partial charge in [-0.05, 0) is 19.1 Å². The van der Waals surface area contributed by atoms with Crippen LogP contribution >= 0.6 is 11.8 Å². The van der Waals surface area contributed by atoms with Crippen LogP contribution in [0.15, 0.2) is 40.9 Å². The molecule has 0 amide bonds. The summed E-state index contributed by atoms with van der Waals surface area (Å²) in [6.07, 6.45) is 4.25. The molecular formula is C12H11N5OS. The van der Waals surface area contributed by atoms with Crippen molar-refractivity contribution in [3.63, 3.8) is 0 Å². The topological polar surface area (TPSA) is 87.6 Å². The monoisotopic (exact) mass is 273 g/mol. The first-order chi connectivity index (χ1) is 9.24. The molecule has 0 fully saturated rings.